The molecule has 4 nitrogen and oxygen atoms in total. The van der Waals surface area contributed by atoms with Crippen molar-refractivity contribution in [1.82, 2.24) is 0 Å². The standard InChI is InChI=1S/C23H17O.FHO3S/c1-4-10-18(11-5-1)21-16-22(19-12-6-2-7-13-19)24-23(17-21)20-14-8-3-9-15-20;1-5(2,3)4/h1-17H;(H,2,3,4)/q+1;/p-1. The van der Waals surface area contributed by atoms with Gasteiger partial charge in [-0.25, -0.2) is 12.8 Å². The first-order chi connectivity index (χ1) is 13.9. The van der Waals surface area contributed by atoms with Crippen LogP contribution in [0.4, 0.5) is 3.89 Å². The summed E-state index contributed by atoms with van der Waals surface area (Å²) in [6.07, 6.45) is 0. The van der Waals surface area contributed by atoms with E-state index in [2.05, 4.69) is 60.7 Å². The van der Waals surface area contributed by atoms with Crippen LogP contribution in [0, 0.1) is 0 Å². The Morgan fingerprint density at radius 1 is 0.586 bits per heavy atom. The van der Waals surface area contributed by atoms with E-state index in [4.69, 9.17) is 17.4 Å². The topological polar surface area (TPSA) is 68.5 Å². The van der Waals surface area contributed by atoms with Crippen molar-refractivity contribution in [2.24, 2.45) is 0 Å². The molecule has 6 heteroatoms. The van der Waals surface area contributed by atoms with Crippen molar-refractivity contribution >= 4 is 10.5 Å². The number of hydrogen-bond donors (Lipinski definition) is 0. The minimum Gasteiger partial charge on any atom is -0.722 e. The second kappa shape index (κ2) is 9.23. The van der Waals surface area contributed by atoms with Crippen LogP contribution in [0.5, 0.6) is 0 Å². The molecule has 0 bridgehead atoms. The summed E-state index contributed by atoms with van der Waals surface area (Å²) in [5, 5.41) is 0. The molecule has 0 amide bonds. The number of halogens is 1. The molecule has 0 aliphatic carbocycles. The zero-order valence-electron chi connectivity index (χ0n) is 15.2. The van der Waals surface area contributed by atoms with Crippen LogP contribution in [0.3, 0.4) is 0 Å². The Hall–Kier alpha value is -3.35. The molecule has 0 fully saturated rings. The van der Waals surface area contributed by atoms with E-state index in [9.17, 15) is 3.89 Å². The van der Waals surface area contributed by atoms with Gasteiger partial charge in [0.15, 0.2) is 0 Å². The number of hydrogen-bond acceptors (Lipinski definition) is 3. The highest BCUT2D eigenvalue weighted by molar-refractivity contribution is 7.80. The first-order valence-electron chi connectivity index (χ1n) is 8.70. The summed E-state index contributed by atoms with van der Waals surface area (Å²) in [6.45, 7) is 0. The lowest BCUT2D eigenvalue weighted by Gasteiger charge is -2.02. The van der Waals surface area contributed by atoms with Gasteiger partial charge in [-0.3, -0.25) is 0 Å². The molecule has 4 rings (SSSR count). The van der Waals surface area contributed by atoms with Gasteiger partial charge in [-0.05, 0) is 29.8 Å². The maximum Gasteiger partial charge on any atom is 0.361 e. The molecule has 0 saturated heterocycles. The summed E-state index contributed by atoms with van der Waals surface area (Å²) in [5.41, 5.74) is 4.49. The number of rotatable bonds is 3. The minimum absolute atomic E-state index is 0.871. The molecule has 1 aromatic heterocycles. The van der Waals surface area contributed by atoms with Crippen LogP contribution in [-0.2, 0) is 10.5 Å². The van der Waals surface area contributed by atoms with E-state index < -0.39 is 10.5 Å². The Morgan fingerprint density at radius 3 is 1.24 bits per heavy atom. The van der Waals surface area contributed by atoms with Crippen molar-refractivity contribution in [2.75, 3.05) is 0 Å². The molecule has 0 N–H and O–H groups in total. The smallest absolute Gasteiger partial charge is 0.361 e. The Kier molecular flexibility index (Phi) is 6.49. The van der Waals surface area contributed by atoms with E-state index >= 15 is 0 Å². The third-order valence-corrected chi connectivity index (χ3v) is 4.02. The van der Waals surface area contributed by atoms with Crippen LogP contribution in [0.25, 0.3) is 33.8 Å². The van der Waals surface area contributed by atoms with Gasteiger partial charge in [0.25, 0.3) is 10.5 Å². The summed E-state index contributed by atoms with van der Waals surface area (Å²) in [4.78, 5) is 0. The first kappa shape index (κ1) is 20.4. The Balaban J connectivity index is 0.000000431. The van der Waals surface area contributed by atoms with E-state index in [1.807, 2.05) is 42.5 Å². The predicted octanol–water partition coefficient (Wildman–Crippen LogP) is 5.98. The molecule has 1 heterocycles. The lowest BCUT2D eigenvalue weighted by Crippen LogP contribution is -1.85. The Labute approximate surface area is 169 Å². The van der Waals surface area contributed by atoms with Gasteiger partial charge in [0.2, 0.25) is 0 Å². The van der Waals surface area contributed by atoms with E-state index in [0.717, 1.165) is 28.2 Å². The predicted molar refractivity (Wildman–Crippen MR) is 110 cm³/mol. The second-order valence-electron chi connectivity index (χ2n) is 6.07. The molecule has 4 aromatic rings. The second-order valence-corrected chi connectivity index (χ2v) is 6.85. The van der Waals surface area contributed by atoms with Crippen LogP contribution < -0.4 is 0 Å². The quantitative estimate of drug-likeness (QED) is 0.238. The fourth-order valence-corrected chi connectivity index (χ4v) is 2.79. The molecule has 0 spiro atoms. The molecule has 0 aliphatic rings. The molecule has 0 aliphatic heterocycles. The van der Waals surface area contributed by atoms with Crippen molar-refractivity contribution in [3.05, 3.63) is 103 Å². The summed E-state index contributed by atoms with van der Waals surface area (Å²) < 4.78 is 41.5. The van der Waals surface area contributed by atoms with Gasteiger partial charge in [0.1, 0.15) is 0 Å². The van der Waals surface area contributed by atoms with Crippen LogP contribution in [0.2, 0.25) is 0 Å². The molecule has 0 radical (unpaired) electrons. The normalized spacial score (nSPS) is 10.7. The Bertz CT molecular complexity index is 1020. The van der Waals surface area contributed by atoms with Gasteiger partial charge in [0, 0.05) is 5.56 Å². The monoisotopic (exact) mass is 408 g/mol. The highest BCUT2D eigenvalue weighted by atomic mass is 32.3. The maximum absolute atomic E-state index is 10.1. The highest BCUT2D eigenvalue weighted by Gasteiger charge is 2.20. The Morgan fingerprint density at radius 2 is 0.897 bits per heavy atom. The molecular formula is C23H17FO4S. The summed E-state index contributed by atoms with van der Waals surface area (Å²) in [6, 6.07) is 35.1. The molecular weight excluding hydrogens is 391 g/mol. The average Bonchev–Trinajstić information content (AvgIpc) is 2.74. The lowest BCUT2D eigenvalue weighted by atomic mass is 10.0. The van der Waals surface area contributed by atoms with E-state index in [1.54, 1.807) is 0 Å². The van der Waals surface area contributed by atoms with Crippen molar-refractivity contribution in [1.29, 1.82) is 0 Å². The largest absolute Gasteiger partial charge is 0.722 e. The first-order valence-corrected chi connectivity index (χ1v) is 10.0. The zero-order valence-corrected chi connectivity index (χ0v) is 16.1. The van der Waals surface area contributed by atoms with Crippen molar-refractivity contribution in [3.63, 3.8) is 0 Å². The summed E-state index contributed by atoms with van der Waals surface area (Å²) >= 11 is 0. The van der Waals surface area contributed by atoms with Crippen LogP contribution in [0.1, 0.15) is 0 Å². The van der Waals surface area contributed by atoms with E-state index in [1.165, 1.54) is 5.56 Å². The third-order valence-electron chi connectivity index (χ3n) is 4.02. The van der Waals surface area contributed by atoms with Crippen LogP contribution >= 0.6 is 0 Å². The SMILES string of the molecule is O=S(=O)([O-])F.c1ccc(-c2cc(-c3ccccc3)[o+]c(-c3ccccc3)c2)cc1. The minimum atomic E-state index is -5.42. The molecule has 3 aromatic carbocycles. The molecule has 29 heavy (non-hydrogen) atoms. The summed E-state index contributed by atoms with van der Waals surface area (Å²) in [5.74, 6) is 1.74. The van der Waals surface area contributed by atoms with Crippen molar-refractivity contribution in [2.45, 2.75) is 0 Å². The van der Waals surface area contributed by atoms with Gasteiger partial charge in [0.05, 0.1) is 23.3 Å². The number of benzene rings is 3. The zero-order chi connectivity index (χ0) is 20.7. The molecule has 0 unspecified atom stereocenters. The molecule has 146 valence electrons. The molecule has 0 atom stereocenters. The fraction of sp³-hybridized carbons (Fsp3) is 0. The highest BCUT2D eigenvalue weighted by Crippen LogP contribution is 2.32. The van der Waals surface area contributed by atoms with Crippen molar-refractivity contribution in [3.8, 4) is 33.8 Å². The summed E-state index contributed by atoms with van der Waals surface area (Å²) in [7, 11) is -5.42. The van der Waals surface area contributed by atoms with E-state index in [0.29, 0.717) is 0 Å². The van der Waals surface area contributed by atoms with Crippen molar-refractivity contribution < 1.29 is 21.3 Å². The average molecular weight is 408 g/mol. The van der Waals surface area contributed by atoms with E-state index in [-0.39, 0.29) is 0 Å². The van der Waals surface area contributed by atoms with Gasteiger partial charge in [-0.1, -0.05) is 66.7 Å². The van der Waals surface area contributed by atoms with Crippen LogP contribution in [-0.4, -0.2) is 13.0 Å². The fourth-order valence-electron chi connectivity index (χ4n) is 2.79. The molecule has 0 saturated carbocycles. The van der Waals surface area contributed by atoms with Gasteiger partial charge < -0.3 is 4.55 Å². The van der Waals surface area contributed by atoms with Crippen LogP contribution in [0.15, 0.2) is 108 Å². The van der Waals surface area contributed by atoms with Gasteiger partial charge in [-0.15, -0.1) is 3.89 Å². The van der Waals surface area contributed by atoms with Gasteiger partial charge >= 0.3 is 11.5 Å². The third kappa shape index (κ3) is 6.34. The van der Waals surface area contributed by atoms with Gasteiger partial charge in [-0.2, -0.15) is 0 Å². The lowest BCUT2D eigenvalue weighted by molar-refractivity contribution is 0.417. The maximum atomic E-state index is 10.1.